The average molecular weight is 230 g/mol. The maximum atomic E-state index is 5.55. The van der Waals surface area contributed by atoms with E-state index in [1.807, 2.05) is 0 Å². The van der Waals surface area contributed by atoms with Crippen molar-refractivity contribution in [3.63, 3.8) is 0 Å². The van der Waals surface area contributed by atoms with E-state index in [9.17, 15) is 0 Å². The molecule has 0 amide bonds. The lowest BCUT2D eigenvalue weighted by molar-refractivity contribution is 0.437. The first-order valence-electron chi connectivity index (χ1n) is 4.21. The molecule has 66 valence electrons. The predicted octanol–water partition coefficient (Wildman–Crippen LogP) is 2.42. The number of rotatable bonds is 3. The van der Waals surface area contributed by atoms with Crippen LogP contribution in [0.25, 0.3) is 0 Å². The molecule has 0 spiro atoms. The van der Waals surface area contributed by atoms with Crippen LogP contribution in [0.1, 0.15) is 25.0 Å². The Morgan fingerprint density at radius 3 is 2.75 bits per heavy atom. The first kappa shape index (κ1) is 8.32. The summed E-state index contributed by atoms with van der Waals surface area (Å²) >= 11 is 3.38. The minimum Gasteiger partial charge on any atom is -0.468 e. The van der Waals surface area contributed by atoms with Crippen LogP contribution in [-0.4, -0.2) is 6.54 Å². The van der Waals surface area contributed by atoms with Crippen molar-refractivity contribution in [1.82, 2.24) is 0 Å². The highest BCUT2D eigenvalue weighted by atomic mass is 79.9. The smallest absolute Gasteiger partial charge is 0.111 e. The van der Waals surface area contributed by atoms with Gasteiger partial charge < -0.3 is 10.2 Å². The molecule has 2 N–H and O–H groups in total. The molecule has 1 aliphatic rings. The van der Waals surface area contributed by atoms with Gasteiger partial charge in [0.05, 0.1) is 4.47 Å². The van der Waals surface area contributed by atoms with Crippen molar-refractivity contribution in [3.05, 3.63) is 22.6 Å². The quantitative estimate of drug-likeness (QED) is 0.865. The molecule has 0 unspecified atom stereocenters. The molecule has 0 saturated heterocycles. The maximum Gasteiger partial charge on any atom is 0.111 e. The molecule has 1 aromatic rings. The Labute approximate surface area is 80.3 Å². The van der Waals surface area contributed by atoms with Crippen LogP contribution in [0.4, 0.5) is 0 Å². The summed E-state index contributed by atoms with van der Waals surface area (Å²) in [5.41, 5.74) is 5.84. The average Bonchev–Trinajstić information content (AvgIpc) is 2.69. The van der Waals surface area contributed by atoms with Crippen LogP contribution in [0.3, 0.4) is 0 Å². The summed E-state index contributed by atoms with van der Waals surface area (Å²) < 4.78 is 6.47. The van der Waals surface area contributed by atoms with Gasteiger partial charge in [0.15, 0.2) is 0 Å². The van der Waals surface area contributed by atoms with Crippen LogP contribution in [0.15, 0.2) is 21.2 Å². The van der Waals surface area contributed by atoms with Gasteiger partial charge in [0.1, 0.15) is 12.0 Å². The number of nitrogens with two attached hydrogens (primary N) is 1. The van der Waals surface area contributed by atoms with Crippen molar-refractivity contribution in [1.29, 1.82) is 0 Å². The molecule has 0 aliphatic heterocycles. The summed E-state index contributed by atoms with van der Waals surface area (Å²) in [4.78, 5) is 0. The zero-order valence-corrected chi connectivity index (χ0v) is 8.43. The molecule has 1 aliphatic carbocycles. The second kappa shape index (κ2) is 2.89. The van der Waals surface area contributed by atoms with Gasteiger partial charge in [-0.15, -0.1) is 0 Å². The fourth-order valence-corrected chi connectivity index (χ4v) is 1.94. The molecule has 1 aromatic heterocycles. The number of hydrogen-bond acceptors (Lipinski definition) is 2. The molecule has 1 fully saturated rings. The third kappa shape index (κ3) is 1.31. The Morgan fingerprint density at radius 2 is 2.33 bits per heavy atom. The Hall–Kier alpha value is -0.280. The molecule has 1 heterocycles. The van der Waals surface area contributed by atoms with Gasteiger partial charge in [-0.05, 0) is 47.8 Å². The highest BCUT2D eigenvalue weighted by Crippen LogP contribution is 2.51. The minimum absolute atomic E-state index is 0.292. The molecular formula is C9H12BrNO. The van der Waals surface area contributed by atoms with Gasteiger partial charge in [0.2, 0.25) is 0 Å². The fraction of sp³-hybridized carbons (Fsp3) is 0.556. The van der Waals surface area contributed by atoms with Crippen molar-refractivity contribution < 1.29 is 4.42 Å². The molecule has 3 heteroatoms. The molecule has 0 radical (unpaired) electrons. The van der Waals surface area contributed by atoms with Crippen LogP contribution in [-0.2, 0) is 5.41 Å². The van der Waals surface area contributed by atoms with Crippen molar-refractivity contribution in [3.8, 4) is 0 Å². The summed E-state index contributed by atoms with van der Waals surface area (Å²) in [6.07, 6.45) is 5.24. The minimum atomic E-state index is 0.292. The van der Waals surface area contributed by atoms with Gasteiger partial charge in [0.25, 0.3) is 0 Å². The van der Waals surface area contributed by atoms with E-state index >= 15 is 0 Å². The van der Waals surface area contributed by atoms with E-state index in [0.29, 0.717) is 5.41 Å². The van der Waals surface area contributed by atoms with Crippen molar-refractivity contribution in [2.75, 3.05) is 6.54 Å². The first-order chi connectivity index (χ1) is 5.77. The first-order valence-corrected chi connectivity index (χ1v) is 5.01. The zero-order chi connectivity index (χ0) is 8.60. The van der Waals surface area contributed by atoms with Crippen LogP contribution in [0.5, 0.6) is 0 Å². The molecule has 1 saturated carbocycles. The van der Waals surface area contributed by atoms with Crippen molar-refractivity contribution in [2.24, 2.45) is 5.73 Å². The maximum absolute atomic E-state index is 5.55. The monoisotopic (exact) mass is 229 g/mol. The lowest BCUT2D eigenvalue weighted by atomic mass is 10.00. The normalized spacial score (nSPS) is 19.5. The molecule has 0 atom stereocenters. The standard InChI is InChI=1S/C9H12BrNO/c10-7-5-8(12-6-7)9(1-2-9)3-4-11/h5-6H,1-4,11H2. The fourth-order valence-electron chi connectivity index (χ4n) is 1.64. The summed E-state index contributed by atoms with van der Waals surface area (Å²) in [5.74, 6) is 1.10. The van der Waals surface area contributed by atoms with Crippen LogP contribution < -0.4 is 5.73 Å². The summed E-state index contributed by atoms with van der Waals surface area (Å²) in [7, 11) is 0. The molecule has 0 aromatic carbocycles. The number of furan rings is 1. The topological polar surface area (TPSA) is 39.2 Å². The Kier molecular flexibility index (Phi) is 2.00. The Balaban J connectivity index is 2.18. The third-order valence-corrected chi connectivity index (χ3v) is 2.98. The van der Waals surface area contributed by atoms with Crippen molar-refractivity contribution >= 4 is 15.9 Å². The third-order valence-electron chi connectivity index (χ3n) is 2.57. The predicted molar refractivity (Wildman–Crippen MR) is 51.0 cm³/mol. The number of halogens is 1. The van der Waals surface area contributed by atoms with Gasteiger partial charge in [-0.3, -0.25) is 0 Å². The van der Waals surface area contributed by atoms with Crippen LogP contribution >= 0.6 is 15.9 Å². The van der Waals surface area contributed by atoms with Gasteiger partial charge in [-0.1, -0.05) is 0 Å². The molecular weight excluding hydrogens is 218 g/mol. The molecule has 2 rings (SSSR count). The second-order valence-corrected chi connectivity index (χ2v) is 4.36. The van der Waals surface area contributed by atoms with Gasteiger partial charge >= 0.3 is 0 Å². The highest BCUT2D eigenvalue weighted by molar-refractivity contribution is 9.10. The molecule has 0 bridgehead atoms. The van der Waals surface area contributed by atoms with E-state index in [1.165, 1.54) is 12.8 Å². The highest BCUT2D eigenvalue weighted by Gasteiger charge is 2.46. The summed E-state index contributed by atoms with van der Waals surface area (Å²) in [5, 5.41) is 0. The molecule has 12 heavy (non-hydrogen) atoms. The molecule has 2 nitrogen and oxygen atoms in total. The lowest BCUT2D eigenvalue weighted by Crippen LogP contribution is -2.12. The Morgan fingerprint density at radius 1 is 1.58 bits per heavy atom. The van der Waals surface area contributed by atoms with Crippen molar-refractivity contribution in [2.45, 2.75) is 24.7 Å². The van der Waals surface area contributed by atoms with Gasteiger partial charge in [-0.2, -0.15) is 0 Å². The van der Waals surface area contributed by atoms with E-state index in [1.54, 1.807) is 6.26 Å². The zero-order valence-electron chi connectivity index (χ0n) is 6.85. The lowest BCUT2D eigenvalue weighted by Gasteiger charge is -2.08. The van der Waals surface area contributed by atoms with E-state index < -0.39 is 0 Å². The van der Waals surface area contributed by atoms with E-state index in [-0.39, 0.29) is 0 Å². The van der Waals surface area contributed by atoms with Gasteiger partial charge in [-0.25, -0.2) is 0 Å². The van der Waals surface area contributed by atoms with E-state index in [2.05, 4.69) is 22.0 Å². The summed E-state index contributed by atoms with van der Waals surface area (Å²) in [6, 6.07) is 2.06. The summed E-state index contributed by atoms with van der Waals surface area (Å²) in [6.45, 7) is 0.748. The van der Waals surface area contributed by atoms with Crippen LogP contribution in [0, 0.1) is 0 Å². The Bertz CT molecular complexity index is 278. The van der Waals surface area contributed by atoms with E-state index in [4.69, 9.17) is 10.2 Å². The largest absolute Gasteiger partial charge is 0.468 e. The van der Waals surface area contributed by atoms with E-state index in [0.717, 1.165) is 23.2 Å². The SMILES string of the molecule is NCCC1(c2cc(Br)co2)CC1. The number of hydrogen-bond donors (Lipinski definition) is 1. The van der Waals surface area contributed by atoms with Crippen LogP contribution in [0.2, 0.25) is 0 Å². The van der Waals surface area contributed by atoms with Gasteiger partial charge in [0, 0.05) is 5.41 Å². The second-order valence-electron chi connectivity index (χ2n) is 3.45.